The Morgan fingerprint density at radius 3 is 2.53 bits per heavy atom. The number of piperidine rings is 1. The maximum Gasteiger partial charge on any atom is 0.315 e. The van der Waals surface area contributed by atoms with Gasteiger partial charge in [0.2, 0.25) is 0 Å². The Bertz CT molecular complexity index is 603. The molecule has 0 spiro atoms. The van der Waals surface area contributed by atoms with E-state index < -0.39 is 12.2 Å². The van der Waals surface area contributed by atoms with Crippen LogP contribution in [0.25, 0.3) is 0 Å². The highest BCUT2D eigenvalue weighted by Gasteiger charge is 2.47. The van der Waals surface area contributed by atoms with Crippen molar-refractivity contribution in [3.63, 3.8) is 0 Å². The van der Waals surface area contributed by atoms with Gasteiger partial charge in [-0.05, 0) is 51.5 Å². The first-order valence-electron chi connectivity index (χ1n) is 12.4. The third-order valence-electron chi connectivity index (χ3n) is 7.55. The van der Waals surface area contributed by atoms with Crippen LogP contribution in [0.5, 0.6) is 0 Å². The monoisotopic (exact) mass is 473 g/mol. The summed E-state index contributed by atoms with van der Waals surface area (Å²) in [6, 6.07) is -0.363. The fourth-order valence-electron chi connectivity index (χ4n) is 5.78. The normalized spacial score (nSPS) is 39.7. The Balaban J connectivity index is 1.28. The number of urea groups is 1. The standard InChI is InChI=1S/C22H40ClN5O4/c23-15-4-3-5-16(12-15)26-22(31)25-13-17-20(21(30)18(14-29)32-17)28-10-8-27(9-11-28)19-6-1-2-7-24-19/h15-21,24,29-30H,1-14H2,(H2,25,26,31)/t15?,16?,17-,18+,19?,20-,21-/m1/s1. The summed E-state index contributed by atoms with van der Waals surface area (Å²) >= 11 is 6.23. The van der Waals surface area contributed by atoms with E-state index in [1.807, 2.05) is 0 Å². The second kappa shape index (κ2) is 11.6. The molecule has 4 aliphatic rings. The summed E-state index contributed by atoms with van der Waals surface area (Å²) in [4.78, 5) is 17.2. The molecule has 4 rings (SSSR count). The zero-order valence-corrected chi connectivity index (χ0v) is 19.7. The maximum atomic E-state index is 12.4. The number of halogens is 1. The van der Waals surface area contributed by atoms with Gasteiger partial charge in [0, 0.05) is 44.1 Å². The Kier molecular flexibility index (Phi) is 8.89. The highest BCUT2D eigenvalue weighted by Crippen LogP contribution is 2.27. The second-order valence-electron chi connectivity index (χ2n) is 9.73. The van der Waals surface area contributed by atoms with Crippen molar-refractivity contribution in [2.75, 3.05) is 45.9 Å². The van der Waals surface area contributed by atoms with E-state index in [1.165, 1.54) is 19.3 Å². The van der Waals surface area contributed by atoms with Gasteiger partial charge in [-0.15, -0.1) is 11.6 Å². The summed E-state index contributed by atoms with van der Waals surface area (Å²) in [5.41, 5.74) is 0. The fraction of sp³-hybridized carbons (Fsp3) is 0.955. The Morgan fingerprint density at radius 2 is 1.84 bits per heavy atom. The number of amides is 2. The Labute approximate surface area is 196 Å². The maximum absolute atomic E-state index is 12.4. The van der Waals surface area contributed by atoms with Gasteiger partial charge in [0.1, 0.15) is 12.2 Å². The summed E-state index contributed by atoms with van der Waals surface area (Å²) < 4.78 is 5.96. The summed E-state index contributed by atoms with van der Waals surface area (Å²) in [5.74, 6) is 0. The van der Waals surface area contributed by atoms with Gasteiger partial charge in [-0.3, -0.25) is 9.80 Å². The predicted octanol–water partition coefficient (Wildman–Crippen LogP) is 0.0420. The van der Waals surface area contributed by atoms with E-state index in [0.29, 0.717) is 12.7 Å². The molecule has 2 amide bonds. The molecular weight excluding hydrogens is 434 g/mol. The molecule has 1 saturated carbocycles. The molecule has 9 nitrogen and oxygen atoms in total. The van der Waals surface area contributed by atoms with Crippen molar-refractivity contribution in [3.05, 3.63) is 0 Å². The molecule has 0 aromatic rings. The minimum Gasteiger partial charge on any atom is -0.394 e. The van der Waals surface area contributed by atoms with Crippen molar-refractivity contribution in [1.82, 2.24) is 25.8 Å². The van der Waals surface area contributed by atoms with Crippen LogP contribution in [-0.4, -0.2) is 114 Å². The van der Waals surface area contributed by atoms with Crippen molar-refractivity contribution in [2.24, 2.45) is 0 Å². The lowest BCUT2D eigenvalue weighted by atomic mass is 9.95. The third kappa shape index (κ3) is 6.05. The van der Waals surface area contributed by atoms with Crippen molar-refractivity contribution >= 4 is 17.6 Å². The smallest absolute Gasteiger partial charge is 0.315 e. The molecule has 1 aliphatic carbocycles. The first-order chi connectivity index (χ1) is 15.5. The van der Waals surface area contributed by atoms with Gasteiger partial charge in [0.05, 0.1) is 24.9 Å². The van der Waals surface area contributed by atoms with E-state index in [-0.39, 0.29) is 36.2 Å². The number of rotatable bonds is 6. The summed E-state index contributed by atoms with van der Waals surface area (Å²) in [6.45, 7) is 4.70. The van der Waals surface area contributed by atoms with E-state index in [1.54, 1.807) is 0 Å². The number of alkyl halides is 1. The molecule has 184 valence electrons. The number of hydrogen-bond acceptors (Lipinski definition) is 7. The molecular formula is C22H40ClN5O4. The third-order valence-corrected chi connectivity index (χ3v) is 7.94. The van der Waals surface area contributed by atoms with Crippen molar-refractivity contribution < 1.29 is 19.7 Å². The minimum absolute atomic E-state index is 0.101. The van der Waals surface area contributed by atoms with E-state index in [0.717, 1.165) is 58.4 Å². The van der Waals surface area contributed by atoms with E-state index in [2.05, 4.69) is 25.8 Å². The zero-order chi connectivity index (χ0) is 22.5. The van der Waals surface area contributed by atoms with Gasteiger partial charge in [-0.2, -0.15) is 0 Å². The lowest BCUT2D eigenvalue weighted by Crippen LogP contribution is -2.61. The SMILES string of the molecule is O=C(NC[C@H]1O[C@@H](CO)[C@@H](O)[C@@H]1N1CCN(C2CCCCN2)CC1)NC1CCCC(Cl)C1. The van der Waals surface area contributed by atoms with Crippen LogP contribution in [0, 0.1) is 0 Å². The molecule has 0 aromatic heterocycles. The number of aliphatic hydroxyl groups is 2. The van der Waals surface area contributed by atoms with Crippen LogP contribution < -0.4 is 16.0 Å². The molecule has 0 bridgehead atoms. The van der Waals surface area contributed by atoms with Gasteiger partial charge >= 0.3 is 6.03 Å². The molecule has 0 radical (unpaired) electrons. The first-order valence-corrected chi connectivity index (χ1v) is 12.8. The van der Waals surface area contributed by atoms with Gasteiger partial charge < -0.3 is 30.9 Å². The van der Waals surface area contributed by atoms with Crippen LogP contribution in [0.2, 0.25) is 0 Å². The number of aliphatic hydroxyl groups excluding tert-OH is 2. The molecule has 7 atom stereocenters. The van der Waals surface area contributed by atoms with Crippen LogP contribution in [0.1, 0.15) is 44.9 Å². The number of piperazine rings is 1. The average molecular weight is 474 g/mol. The van der Waals surface area contributed by atoms with Crippen molar-refractivity contribution in [1.29, 1.82) is 0 Å². The van der Waals surface area contributed by atoms with Crippen molar-refractivity contribution in [3.8, 4) is 0 Å². The van der Waals surface area contributed by atoms with Crippen LogP contribution in [0.4, 0.5) is 4.79 Å². The second-order valence-corrected chi connectivity index (χ2v) is 10.3. The molecule has 3 unspecified atom stereocenters. The van der Waals surface area contributed by atoms with Gasteiger partial charge in [0.15, 0.2) is 0 Å². The number of hydrogen-bond donors (Lipinski definition) is 5. The highest BCUT2D eigenvalue weighted by molar-refractivity contribution is 6.20. The number of carbonyl (C=O) groups excluding carboxylic acids is 1. The van der Waals surface area contributed by atoms with Crippen LogP contribution in [-0.2, 0) is 4.74 Å². The molecule has 3 saturated heterocycles. The van der Waals surface area contributed by atoms with E-state index in [4.69, 9.17) is 16.3 Å². The van der Waals surface area contributed by atoms with Gasteiger partial charge in [0.25, 0.3) is 0 Å². The molecule has 5 N–H and O–H groups in total. The molecule has 3 aliphatic heterocycles. The Morgan fingerprint density at radius 1 is 1.06 bits per heavy atom. The molecule has 10 heteroatoms. The van der Waals surface area contributed by atoms with Gasteiger partial charge in [-0.1, -0.05) is 0 Å². The number of carbonyl (C=O) groups is 1. The fourth-order valence-corrected chi connectivity index (χ4v) is 6.15. The Hall–Kier alpha value is -0.680. The molecule has 4 fully saturated rings. The summed E-state index contributed by atoms with van der Waals surface area (Å²) in [5, 5.41) is 30.2. The van der Waals surface area contributed by atoms with Crippen LogP contribution in [0.15, 0.2) is 0 Å². The number of nitrogens with zero attached hydrogens (tertiary/aromatic N) is 2. The molecule has 0 aromatic carbocycles. The van der Waals surface area contributed by atoms with E-state index in [9.17, 15) is 15.0 Å². The largest absolute Gasteiger partial charge is 0.394 e. The lowest BCUT2D eigenvalue weighted by molar-refractivity contribution is -0.0206. The summed E-state index contributed by atoms with van der Waals surface area (Å²) in [6.07, 6.45) is 6.18. The number of ether oxygens (including phenoxy) is 1. The van der Waals surface area contributed by atoms with Crippen molar-refractivity contribution in [2.45, 2.75) is 86.9 Å². The predicted molar refractivity (Wildman–Crippen MR) is 123 cm³/mol. The summed E-state index contributed by atoms with van der Waals surface area (Å²) in [7, 11) is 0. The molecule has 3 heterocycles. The zero-order valence-electron chi connectivity index (χ0n) is 18.9. The van der Waals surface area contributed by atoms with Gasteiger partial charge in [-0.25, -0.2) is 4.79 Å². The number of nitrogens with one attached hydrogen (secondary N) is 3. The van der Waals surface area contributed by atoms with Crippen LogP contribution >= 0.6 is 11.6 Å². The topological polar surface area (TPSA) is 109 Å². The minimum atomic E-state index is -0.774. The highest BCUT2D eigenvalue weighted by atomic mass is 35.5. The lowest BCUT2D eigenvalue weighted by Gasteiger charge is -2.44. The van der Waals surface area contributed by atoms with E-state index >= 15 is 0 Å². The average Bonchev–Trinajstić information content (AvgIpc) is 3.13. The first kappa shape index (κ1) is 24.4. The molecule has 32 heavy (non-hydrogen) atoms. The van der Waals surface area contributed by atoms with Crippen LogP contribution in [0.3, 0.4) is 0 Å². The quantitative estimate of drug-likeness (QED) is 0.346.